The third-order valence-corrected chi connectivity index (χ3v) is 5.03. The second kappa shape index (κ2) is 8.84. The van der Waals surface area contributed by atoms with Crippen molar-refractivity contribution >= 4 is 11.9 Å². The van der Waals surface area contributed by atoms with Gasteiger partial charge in [0.2, 0.25) is 0 Å². The van der Waals surface area contributed by atoms with Gasteiger partial charge in [0.05, 0.1) is 17.1 Å². The van der Waals surface area contributed by atoms with E-state index in [-0.39, 0.29) is 12.5 Å². The Labute approximate surface area is 160 Å². The second-order valence-corrected chi connectivity index (χ2v) is 7.02. The molecule has 6 nitrogen and oxygen atoms in total. The van der Waals surface area contributed by atoms with Crippen LogP contribution in [0.2, 0.25) is 0 Å². The first-order valence-corrected chi connectivity index (χ1v) is 9.64. The molecule has 2 heterocycles. The minimum Gasteiger partial charge on any atom is -0.452 e. The molecule has 0 N–H and O–H groups in total. The van der Waals surface area contributed by atoms with Crippen molar-refractivity contribution in [3.8, 4) is 5.69 Å². The van der Waals surface area contributed by atoms with Crippen molar-refractivity contribution in [2.24, 2.45) is 0 Å². The van der Waals surface area contributed by atoms with E-state index in [1.54, 1.807) is 11.6 Å². The number of benzene rings is 1. The number of carbonyl (C=O) groups is 2. The maximum Gasteiger partial charge on any atom is 0.342 e. The van der Waals surface area contributed by atoms with Gasteiger partial charge in [0.25, 0.3) is 5.91 Å². The Balaban J connectivity index is 1.66. The van der Waals surface area contributed by atoms with Crippen LogP contribution in [-0.4, -0.2) is 46.3 Å². The largest absolute Gasteiger partial charge is 0.452 e. The van der Waals surface area contributed by atoms with Gasteiger partial charge in [0.15, 0.2) is 6.61 Å². The highest BCUT2D eigenvalue weighted by Gasteiger charge is 2.23. The molecule has 0 spiro atoms. The van der Waals surface area contributed by atoms with Crippen LogP contribution in [0, 0.1) is 13.8 Å². The van der Waals surface area contributed by atoms with Gasteiger partial charge in [-0.2, -0.15) is 5.10 Å². The molecular weight excluding hydrogens is 342 g/mol. The summed E-state index contributed by atoms with van der Waals surface area (Å²) in [7, 11) is 0. The van der Waals surface area contributed by atoms with Crippen LogP contribution in [0.3, 0.4) is 0 Å². The van der Waals surface area contributed by atoms with Crippen LogP contribution in [0.1, 0.15) is 53.8 Å². The second-order valence-electron chi connectivity index (χ2n) is 7.02. The van der Waals surface area contributed by atoms with Crippen LogP contribution in [0.15, 0.2) is 30.3 Å². The van der Waals surface area contributed by atoms with Crippen LogP contribution < -0.4 is 0 Å². The average molecular weight is 369 g/mol. The zero-order valence-electron chi connectivity index (χ0n) is 16.1. The first-order valence-electron chi connectivity index (χ1n) is 9.64. The van der Waals surface area contributed by atoms with Gasteiger partial charge in [-0.3, -0.25) is 4.79 Å². The summed E-state index contributed by atoms with van der Waals surface area (Å²) < 4.78 is 7.07. The van der Waals surface area contributed by atoms with E-state index >= 15 is 0 Å². The molecule has 1 aliphatic rings. The van der Waals surface area contributed by atoms with Crippen LogP contribution in [0.4, 0.5) is 0 Å². The highest BCUT2D eigenvalue weighted by atomic mass is 16.5. The van der Waals surface area contributed by atoms with E-state index in [9.17, 15) is 9.59 Å². The van der Waals surface area contributed by atoms with Gasteiger partial charge >= 0.3 is 5.97 Å². The quantitative estimate of drug-likeness (QED) is 0.775. The summed E-state index contributed by atoms with van der Waals surface area (Å²) in [5, 5.41) is 4.46. The number of likely N-dealkylation sites (tertiary alicyclic amines) is 1. The number of esters is 1. The number of nitrogens with zero attached hydrogens (tertiary/aromatic N) is 3. The van der Waals surface area contributed by atoms with Crippen molar-refractivity contribution in [1.82, 2.24) is 14.7 Å². The van der Waals surface area contributed by atoms with Crippen molar-refractivity contribution in [1.29, 1.82) is 0 Å². The SMILES string of the molecule is Cc1nn(-c2ccccc2)c(C)c1C(=O)OCC(=O)N1CCCCCCC1. The number of aryl methyl sites for hydroxylation is 1. The van der Waals surface area contributed by atoms with Crippen LogP contribution in [0.25, 0.3) is 5.69 Å². The van der Waals surface area contributed by atoms with E-state index in [1.807, 2.05) is 42.2 Å². The predicted molar refractivity (Wildman–Crippen MR) is 103 cm³/mol. The van der Waals surface area contributed by atoms with E-state index in [2.05, 4.69) is 5.10 Å². The minimum atomic E-state index is -0.493. The molecule has 3 rings (SSSR count). The number of para-hydroxylation sites is 1. The average Bonchev–Trinajstić information content (AvgIpc) is 2.94. The fraction of sp³-hybridized carbons (Fsp3) is 0.476. The number of amides is 1. The number of rotatable bonds is 4. The molecule has 2 aromatic rings. The number of aromatic nitrogens is 2. The smallest absolute Gasteiger partial charge is 0.342 e. The zero-order valence-corrected chi connectivity index (χ0v) is 16.1. The first-order chi connectivity index (χ1) is 13.1. The predicted octanol–water partition coefficient (Wildman–Crippen LogP) is 3.44. The molecule has 1 fully saturated rings. The fourth-order valence-electron chi connectivity index (χ4n) is 3.55. The third kappa shape index (κ3) is 4.56. The van der Waals surface area contributed by atoms with E-state index in [1.165, 1.54) is 6.42 Å². The number of carbonyl (C=O) groups excluding carboxylic acids is 2. The summed E-state index contributed by atoms with van der Waals surface area (Å²) in [6.45, 7) is 4.90. The van der Waals surface area contributed by atoms with Crippen molar-refractivity contribution in [2.45, 2.75) is 46.0 Å². The summed E-state index contributed by atoms with van der Waals surface area (Å²) in [6.07, 6.45) is 5.58. The monoisotopic (exact) mass is 369 g/mol. The fourth-order valence-corrected chi connectivity index (χ4v) is 3.55. The van der Waals surface area contributed by atoms with E-state index < -0.39 is 5.97 Å². The molecule has 1 aromatic carbocycles. The summed E-state index contributed by atoms with van der Waals surface area (Å²) in [5.41, 5.74) is 2.62. The lowest BCUT2D eigenvalue weighted by molar-refractivity contribution is -0.134. The minimum absolute atomic E-state index is 0.115. The van der Waals surface area contributed by atoms with Gasteiger partial charge in [0.1, 0.15) is 5.56 Å². The van der Waals surface area contributed by atoms with Crippen molar-refractivity contribution < 1.29 is 14.3 Å². The van der Waals surface area contributed by atoms with Crippen LogP contribution in [-0.2, 0) is 9.53 Å². The molecule has 0 radical (unpaired) electrons. The van der Waals surface area contributed by atoms with E-state index in [0.717, 1.165) is 44.5 Å². The topological polar surface area (TPSA) is 64.4 Å². The van der Waals surface area contributed by atoms with Crippen molar-refractivity contribution in [3.05, 3.63) is 47.3 Å². The Bertz CT molecular complexity index is 791. The van der Waals surface area contributed by atoms with Crippen LogP contribution in [0.5, 0.6) is 0 Å². The Hall–Kier alpha value is -2.63. The van der Waals surface area contributed by atoms with Gasteiger partial charge in [-0.05, 0) is 38.8 Å². The molecule has 6 heteroatoms. The molecule has 0 unspecified atom stereocenters. The first kappa shape index (κ1) is 19.1. The highest BCUT2D eigenvalue weighted by Crippen LogP contribution is 2.19. The Kier molecular flexibility index (Phi) is 6.27. The molecule has 144 valence electrons. The lowest BCUT2D eigenvalue weighted by atomic mass is 10.1. The molecule has 0 saturated carbocycles. The summed E-state index contributed by atoms with van der Waals surface area (Å²) in [4.78, 5) is 26.8. The Morgan fingerprint density at radius 2 is 1.63 bits per heavy atom. The summed E-state index contributed by atoms with van der Waals surface area (Å²) in [5.74, 6) is -0.608. The van der Waals surface area contributed by atoms with E-state index in [0.29, 0.717) is 17.0 Å². The van der Waals surface area contributed by atoms with E-state index in [4.69, 9.17) is 4.74 Å². The number of hydrogen-bond acceptors (Lipinski definition) is 4. The Morgan fingerprint density at radius 3 is 2.30 bits per heavy atom. The molecule has 1 aliphatic heterocycles. The molecule has 0 aliphatic carbocycles. The normalized spacial score (nSPS) is 15.1. The van der Waals surface area contributed by atoms with Gasteiger partial charge in [-0.1, -0.05) is 37.5 Å². The van der Waals surface area contributed by atoms with Crippen molar-refractivity contribution in [2.75, 3.05) is 19.7 Å². The molecule has 27 heavy (non-hydrogen) atoms. The molecule has 1 amide bonds. The van der Waals surface area contributed by atoms with Gasteiger partial charge in [-0.25, -0.2) is 9.48 Å². The maximum atomic E-state index is 12.6. The lowest BCUT2D eigenvalue weighted by Crippen LogP contribution is -2.37. The number of hydrogen-bond donors (Lipinski definition) is 0. The highest BCUT2D eigenvalue weighted by molar-refractivity contribution is 5.93. The molecule has 0 atom stereocenters. The number of ether oxygens (including phenoxy) is 1. The maximum absolute atomic E-state index is 12.6. The van der Waals surface area contributed by atoms with Crippen LogP contribution >= 0.6 is 0 Å². The summed E-state index contributed by atoms with van der Waals surface area (Å²) >= 11 is 0. The van der Waals surface area contributed by atoms with Gasteiger partial charge in [-0.15, -0.1) is 0 Å². The van der Waals surface area contributed by atoms with Crippen molar-refractivity contribution in [3.63, 3.8) is 0 Å². The molecule has 0 bridgehead atoms. The van der Waals surface area contributed by atoms with Gasteiger partial charge < -0.3 is 9.64 Å². The molecular formula is C21H27N3O3. The zero-order chi connectivity index (χ0) is 19.2. The Morgan fingerprint density at radius 1 is 1.00 bits per heavy atom. The summed E-state index contributed by atoms with van der Waals surface area (Å²) in [6, 6.07) is 9.64. The molecule has 1 aromatic heterocycles. The third-order valence-electron chi connectivity index (χ3n) is 5.03. The lowest BCUT2D eigenvalue weighted by Gasteiger charge is -2.24. The standard InChI is InChI=1S/C21H27N3O3/c1-16-20(17(2)24(22-16)18-11-7-6-8-12-18)21(26)27-15-19(25)23-13-9-4-3-5-10-14-23/h6-8,11-12H,3-5,9-10,13-15H2,1-2H3. The van der Waals surface area contributed by atoms with Gasteiger partial charge in [0, 0.05) is 13.1 Å². The molecule has 1 saturated heterocycles.